The molecule has 0 fully saturated rings. The lowest BCUT2D eigenvalue weighted by atomic mass is 9.98. The molecule has 1 aliphatic rings. The van der Waals surface area contributed by atoms with Crippen molar-refractivity contribution in [3.63, 3.8) is 0 Å². The minimum absolute atomic E-state index is 0.0227. The Bertz CT molecular complexity index is 1230. The summed E-state index contributed by atoms with van der Waals surface area (Å²) in [5, 5.41) is 10.2. The fraction of sp³-hybridized carbons (Fsp3) is 0.308. The van der Waals surface area contributed by atoms with Gasteiger partial charge in [0, 0.05) is 29.5 Å². The van der Waals surface area contributed by atoms with E-state index in [2.05, 4.69) is 4.98 Å². The lowest BCUT2D eigenvalue weighted by Gasteiger charge is -2.20. The number of carbonyl (C=O) groups is 1. The van der Waals surface area contributed by atoms with Crippen LogP contribution in [0.2, 0.25) is 0 Å². The lowest BCUT2D eigenvalue weighted by molar-refractivity contribution is -0.153. The van der Waals surface area contributed by atoms with E-state index in [4.69, 9.17) is 9.47 Å². The number of pyridine rings is 1. The summed E-state index contributed by atoms with van der Waals surface area (Å²) < 4.78 is 48.8. The van der Waals surface area contributed by atoms with Gasteiger partial charge < -0.3 is 19.5 Å². The van der Waals surface area contributed by atoms with E-state index in [0.29, 0.717) is 39.3 Å². The molecule has 1 amide bonds. The summed E-state index contributed by atoms with van der Waals surface area (Å²) in [6.07, 6.45) is -4.50. The quantitative estimate of drug-likeness (QED) is 0.496. The van der Waals surface area contributed by atoms with Crippen LogP contribution in [0.4, 0.5) is 18.9 Å². The van der Waals surface area contributed by atoms with E-state index in [1.807, 2.05) is 0 Å². The average molecular weight is 486 g/mol. The number of alkyl halides is 3. The molecule has 0 bridgehead atoms. The fourth-order valence-corrected chi connectivity index (χ4v) is 4.00. The van der Waals surface area contributed by atoms with Gasteiger partial charge in [0.05, 0.1) is 30.1 Å². The monoisotopic (exact) mass is 486 g/mol. The Morgan fingerprint density at radius 2 is 1.74 bits per heavy atom. The molecule has 2 heterocycles. The van der Waals surface area contributed by atoms with Crippen molar-refractivity contribution >= 4 is 11.6 Å². The topological polar surface area (TPSA) is 71.9 Å². The summed E-state index contributed by atoms with van der Waals surface area (Å²) >= 11 is 0. The molecule has 0 unspecified atom stereocenters. The van der Waals surface area contributed by atoms with E-state index in [0.717, 1.165) is 0 Å². The van der Waals surface area contributed by atoms with Crippen molar-refractivity contribution in [3.8, 4) is 17.0 Å². The third-order valence-electron chi connectivity index (χ3n) is 5.68. The van der Waals surface area contributed by atoms with Crippen molar-refractivity contribution in [1.82, 2.24) is 4.98 Å². The number of rotatable bonds is 7. The highest BCUT2D eigenvalue weighted by Gasteiger charge is 2.34. The number of aromatic nitrogens is 1. The largest absolute Gasteiger partial charge is 0.483 e. The van der Waals surface area contributed by atoms with Gasteiger partial charge in [0.15, 0.2) is 6.61 Å². The van der Waals surface area contributed by atoms with Crippen LogP contribution in [0.25, 0.3) is 11.3 Å². The van der Waals surface area contributed by atoms with Gasteiger partial charge in [-0.15, -0.1) is 0 Å². The number of hydrogen-bond acceptors (Lipinski definition) is 5. The van der Waals surface area contributed by atoms with Crippen molar-refractivity contribution < 1.29 is 32.5 Å². The molecule has 3 aromatic rings. The van der Waals surface area contributed by atoms with Crippen LogP contribution in [-0.4, -0.2) is 35.9 Å². The molecular weight excluding hydrogens is 461 g/mol. The highest BCUT2D eigenvalue weighted by Crippen LogP contribution is 2.39. The minimum atomic E-state index is -4.50. The second-order valence-electron chi connectivity index (χ2n) is 8.82. The van der Waals surface area contributed by atoms with Crippen molar-refractivity contribution in [2.45, 2.75) is 38.8 Å². The number of aliphatic hydroxyl groups is 1. The number of anilines is 1. The van der Waals surface area contributed by atoms with Gasteiger partial charge >= 0.3 is 6.18 Å². The number of para-hydroxylation sites is 1. The summed E-state index contributed by atoms with van der Waals surface area (Å²) in [6, 6.07) is 15.0. The predicted octanol–water partition coefficient (Wildman–Crippen LogP) is 5.22. The third kappa shape index (κ3) is 5.31. The van der Waals surface area contributed by atoms with Gasteiger partial charge in [-0.3, -0.25) is 4.79 Å². The van der Waals surface area contributed by atoms with Gasteiger partial charge in [0.1, 0.15) is 5.75 Å². The van der Waals surface area contributed by atoms with Crippen molar-refractivity contribution in [2.75, 3.05) is 18.6 Å². The number of methoxy groups -OCH3 is 1. The summed E-state index contributed by atoms with van der Waals surface area (Å²) in [7, 11) is 1.49. The Kier molecular flexibility index (Phi) is 6.57. The molecule has 9 heteroatoms. The van der Waals surface area contributed by atoms with E-state index in [1.54, 1.807) is 67.3 Å². The Balaban J connectivity index is 1.76. The van der Waals surface area contributed by atoms with E-state index < -0.39 is 18.4 Å². The van der Waals surface area contributed by atoms with Crippen LogP contribution in [0, 0.1) is 0 Å². The predicted molar refractivity (Wildman–Crippen MR) is 124 cm³/mol. The Hall–Kier alpha value is -3.43. The smallest absolute Gasteiger partial charge is 0.422 e. The van der Waals surface area contributed by atoms with Crippen LogP contribution in [0.1, 0.15) is 41.0 Å². The van der Waals surface area contributed by atoms with Crippen LogP contribution < -0.4 is 9.64 Å². The number of benzene rings is 2. The zero-order valence-corrected chi connectivity index (χ0v) is 19.5. The fourth-order valence-electron chi connectivity index (χ4n) is 4.00. The first kappa shape index (κ1) is 24.7. The molecule has 0 saturated heterocycles. The standard InChI is InChI=1S/C26H25F3N2O4/c1-25(2,33)16-8-10-18(11-9-16)31-13-21-20(24(31)32)12-17(14-34-3)30-23(21)19-6-4-5-7-22(19)35-15-26(27,28)29/h4-12,33H,13-15H2,1-3H3. The maximum absolute atomic E-state index is 13.4. The normalized spacial score (nSPS) is 13.8. The van der Waals surface area contributed by atoms with Gasteiger partial charge in [0.2, 0.25) is 0 Å². The molecule has 1 aromatic heterocycles. The summed E-state index contributed by atoms with van der Waals surface area (Å²) in [4.78, 5) is 19.6. The average Bonchev–Trinajstić information content (AvgIpc) is 3.13. The number of halogens is 3. The molecule has 1 aliphatic heterocycles. The first-order valence-corrected chi connectivity index (χ1v) is 10.9. The maximum atomic E-state index is 13.4. The summed E-state index contributed by atoms with van der Waals surface area (Å²) in [6.45, 7) is 2.21. The van der Waals surface area contributed by atoms with Crippen molar-refractivity contribution in [3.05, 3.63) is 77.0 Å². The molecule has 0 saturated carbocycles. The SMILES string of the molecule is COCc1cc2c(c(-c3ccccc3OCC(F)(F)F)n1)CN(c1ccc(C(C)(C)O)cc1)C2=O. The number of carbonyl (C=O) groups excluding carboxylic acids is 1. The lowest BCUT2D eigenvalue weighted by Crippen LogP contribution is -2.23. The minimum Gasteiger partial charge on any atom is -0.483 e. The number of amides is 1. The van der Waals surface area contributed by atoms with Crippen LogP contribution in [0.15, 0.2) is 54.6 Å². The molecular formula is C26H25F3N2O4. The number of hydrogen-bond donors (Lipinski definition) is 1. The molecule has 0 atom stereocenters. The Labute approximate surface area is 200 Å². The Morgan fingerprint density at radius 1 is 1.06 bits per heavy atom. The molecule has 184 valence electrons. The maximum Gasteiger partial charge on any atom is 0.422 e. The van der Waals surface area contributed by atoms with Gasteiger partial charge in [-0.05, 0) is 49.7 Å². The highest BCUT2D eigenvalue weighted by atomic mass is 19.4. The second-order valence-corrected chi connectivity index (χ2v) is 8.82. The van der Waals surface area contributed by atoms with E-state index in [-0.39, 0.29) is 24.8 Å². The Morgan fingerprint density at radius 3 is 2.37 bits per heavy atom. The molecule has 4 rings (SSSR count). The van der Waals surface area contributed by atoms with Crippen LogP contribution in [0.3, 0.4) is 0 Å². The van der Waals surface area contributed by atoms with Gasteiger partial charge in [-0.2, -0.15) is 13.2 Å². The van der Waals surface area contributed by atoms with Crippen LogP contribution in [0.5, 0.6) is 5.75 Å². The first-order chi connectivity index (χ1) is 16.5. The summed E-state index contributed by atoms with van der Waals surface area (Å²) in [5.74, 6) is -0.236. The second kappa shape index (κ2) is 9.31. The molecule has 6 nitrogen and oxygen atoms in total. The molecule has 0 spiro atoms. The molecule has 1 N–H and O–H groups in total. The van der Waals surface area contributed by atoms with E-state index in [1.165, 1.54) is 13.2 Å². The van der Waals surface area contributed by atoms with Crippen molar-refractivity contribution in [2.24, 2.45) is 0 Å². The molecule has 35 heavy (non-hydrogen) atoms. The van der Waals surface area contributed by atoms with Crippen molar-refractivity contribution in [1.29, 1.82) is 0 Å². The van der Waals surface area contributed by atoms with Gasteiger partial charge in [-0.1, -0.05) is 24.3 Å². The zero-order chi connectivity index (χ0) is 25.4. The van der Waals surface area contributed by atoms with Gasteiger partial charge in [-0.25, -0.2) is 4.98 Å². The highest BCUT2D eigenvalue weighted by molar-refractivity contribution is 6.11. The summed E-state index contributed by atoms with van der Waals surface area (Å²) in [5.41, 5.74) is 2.49. The zero-order valence-electron chi connectivity index (χ0n) is 19.5. The third-order valence-corrected chi connectivity index (χ3v) is 5.68. The number of ether oxygens (including phenoxy) is 2. The molecule has 2 aromatic carbocycles. The van der Waals surface area contributed by atoms with Gasteiger partial charge in [0.25, 0.3) is 5.91 Å². The number of nitrogens with zero attached hydrogens (tertiary/aromatic N) is 2. The van der Waals surface area contributed by atoms with Crippen LogP contribution >= 0.6 is 0 Å². The van der Waals surface area contributed by atoms with E-state index in [9.17, 15) is 23.1 Å². The van der Waals surface area contributed by atoms with Crippen LogP contribution in [-0.2, 0) is 23.5 Å². The number of fused-ring (bicyclic) bond motifs is 1. The molecule has 0 aliphatic carbocycles. The van der Waals surface area contributed by atoms with E-state index >= 15 is 0 Å². The first-order valence-electron chi connectivity index (χ1n) is 10.9. The molecule has 0 radical (unpaired) electrons.